The molecule has 0 amide bonds. The highest BCUT2D eigenvalue weighted by atomic mass is 32.2. The van der Waals surface area contributed by atoms with Gasteiger partial charge < -0.3 is 14.4 Å². The number of benzene rings is 1. The van der Waals surface area contributed by atoms with Crippen LogP contribution in [0.25, 0.3) is 0 Å². The van der Waals surface area contributed by atoms with Crippen LogP contribution in [0.3, 0.4) is 0 Å². The number of hydrogen-bond acceptors (Lipinski definition) is 7. The molecular weight excluding hydrogens is 338 g/mol. The van der Waals surface area contributed by atoms with Crippen molar-refractivity contribution in [3.8, 4) is 5.75 Å². The van der Waals surface area contributed by atoms with E-state index in [1.807, 2.05) is 13.8 Å². The number of rotatable bonds is 7. The zero-order chi connectivity index (χ0) is 17.9. The number of ether oxygens (including phenoxy) is 1. The van der Waals surface area contributed by atoms with E-state index in [0.29, 0.717) is 5.89 Å². The van der Waals surface area contributed by atoms with Crippen molar-refractivity contribution in [3.63, 3.8) is 0 Å². The molecule has 0 fully saturated rings. The first kappa shape index (κ1) is 17.9. The molecule has 10 heteroatoms. The van der Waals surface area contributed by atoms with Crippen molar-refractivity contribution in [2.45, 2.75) is 31.2 Å². The summed E-state index contributed by atoms with van der Waals surface area (Å²) in [6, 6.07) is 3.57. The van der Waals surface area contributed by atoms with Gasteiger partial charge in [-0.3, -0.25) is 0 Å². The Balaban J connectivity index is 2.25. The molecule has 0 spiro atoms. The van der Waals surface area contributed by atoms with Gasteiger partial charge >= 0.3 is 5.97 Å². The third kappa shape index (κ3) is 3.89. The highest BCUT2D eigenvalue weighted by Gasteiger charge is 2.22. The normalized spacial score (nSPS) is 11.7. The lowest BCUT2D eigenvalue weighted by atomic mass is 10.2. The molecule has 2 N–H and O–H groups in total. The second kappa shape index (κ2) is 6.97. The molecule has 1 aromatic carbocycles. The molecule has 1 heterocycles. The standard InChI is InChI=1S/C14H17N3O6S/c1-8(2)13-16-12(17-23-13)7-15-24(20,21)11-6-9(14(18)19)4-5-10(11)22-3/h4-6,8,15H,7H2,1-3H3,(H,18,19). The largest absolute Gasteiger partial charge is 0.495 e. The lowest BCUT2D eigenvalue weighted by Crippen LogP contribution is -2.24. The number of carbonyl (C=O) groups is 1. The van der Waals surface area contributed by atoms with Gasteiger partial charge in [-0.2, -0.15) is 4.98 Å². The van der Waals surface area contributed by atoms with Crippen LogP contribution in [0.15, 0.2) is 27.6 Å². The van der Waals surface area contributed by atoms with E-state index in [0.717, 1.165) is 6.07 Å². The average molecular weight is 355 g/mol. The Morgan fingerprint density at radius 3 is 2.67 bits per heavy atom. The van der Waals surface area contributed by atoms with Crippen molar-refractivity contribution in [2.24, 2.45) is 0 Å². The van der Waals surface area contributed by atoms with Gasteiger partial charge in [-0.15, -0.1) is 0 Å². The van der Waals surface area contributed by atoms with E-state index >= 15 is 0 Å². The van der Waals surface area contributed by atoms with Crippen LogP contribution >= 0.6 is 0 Å². The van der Waals surface area contributed by atoms with Gasteiger partial charge in [0.05, 0.1) is 19.2 Å². The molecule has 2 rings (SSSR count). The van der Waals surface area contributed by atoms with Gasteiger partial charge in [0, 0.05) is 5.92 Å². The van der Waals surface area contributed by atoms with Crippen LogP contribution < -0.4 is 9.46 Å². The highest BCUT2D eigenvalue weighted by Crippen LogP contribution is 2.25. The molecule has 24 heavy (non-hydrogen) atoms. The lowest BCUT2D eigenvalue weighted by molar-refractivity contribution is 0.0696. The smallest absolute Gasteiger partial charge is 0.335 e. The number of methoxy groups -OCH3 is 1. The second-order valence-corrected chi connectivity index (χ2v) is 6.93. The SMILES string of the molecule is COc1ccc(C(=O)O)cc1S(=O)(=O)NCc1noc(C(C)C)n1. The van der Waals surface area contributed by atoms with E-state index < -0.39 is 16.0 Å². The number of carboxylic acid groups (broad SMARTS) is 1. The van der Waals surface area contributed by atoms with E-state index in [2.05, 4.69) is 14.9 Å². The summed E-state index contributed by atoms with van der Waals surface area (Å²) < 4.78 is 37.1. The van der Waals surface area contributed by atoms with Crippen molar-refractivity contribution in [2.75, 3.05) is 7.11 Å². The van der Waals surface area contributed by atoms with Crippen LogP contribution in [0, 0.1) is 0 Å². The van der Waals surface area contributed by atoms with Gasteiger partial charge in [0.1, 0.15) is 10.6 Å². The molecule has 0 radical (unpaired) electrons. The molecule has 2 aromatic rings. The van der Waals surface area contributed by atoms with Crippen LogP contribution in [-0.4, -0.2) is 36.7 Å². The van der Waals surface area contributed by atoms with E-state index in [1.165, 1.54) is 19.2 Å². The van der Waals surface area contributed by atoms with E-state index in [4.69, 9.17) is 14.4 Å². The minimum atomic E-state index is -4.03. The Morgan fingerprint density at radius 1 is 1.42 bits per heavy atom. The Morgan fingerprint density at radius 2 is 2.12 bits per heavy atom. The Kier molecular flexibility index (Phi) is 5.20. The molecule has 0 saturated carbocycles. The fourth-order valence-electron chi connectivity index (χ4n) is 1.83. The van der Waals surface area contributed by atoms with Crippen molar-refractivity contribution < 1.29 is 27.6 Å². The Bertz CT molecular complexity index is 844. The van der Waals surface area contributed by atoms with Gasteiger partial charge in [0.2, 0.25) is 15.9 Å². The van der Waals surface area contributed by atoms with Gasteiger partial charge in [-0.1, -0.05) is 19.0 Å². The van der Waals surface area contributed by atoms with E-state index in [-0.39, 0.29) is 34.5 Å². The number of hydrogen-bond donors (Lipinski definition) is 2. The Hall–Kier alpha value is -2.46. The molecule has 130 valence electrons. The summed E-state index contributed by atoms with van der Waals surface area (Å²) in [5.74, 6) is -0.613. The predicted molar refractivity (Wildman–Crippen MR) is 82.4 cm³/mol. The predicted octanol–water partition coefficient (Wildman–Crippen LogP) is 1.38. The maximum Gasteiger partial charge on any atom is 0.335 e. The molecule has 1 aromatic heterocycles. The fourth-order valence-corrected chi connectivity index (χ4v) is 3.00. The molecule has 0 aliphatic carbocycles. The van der Waals surface area contributed by atoms with Crippen molar-refractivity contribution in [1.29, 1.82) is 0 Å². The maximum atomic E-state index is 12.4. The van der Waals surface area contributed by atoms with Crippen LogP contribution in [0.5, 0.6) is 5.75 Å². The lowest BCUT2D eigenvalue weighted by Gasteiger charge is -2.10. The summed E-state index contributed by atoms with van der Waals surface area (Å²) in [5.41, 5.74) is -0.169. The summed E-state index contributed by atoms with van der Waals surface area (Å²) in [7, 11) is -2.73. The summed E-state index contributed by atoms with van der Waals surface area (Å²) in [4.78, 5) is 14.8. The first-order valence-electron chi connectivity index (χ1n) is 6.98. The quantitative estimate of drug-likeness (QED) is 0.761. The summed E-state index contributed by atoms with van der Waals surface area (Å²) in [6.07, 6.45) is 0. The van der Waals surface area contributed by atoms with E-state index in [9.17, 15) is 13.2 Å². The van der Waals surface area contributed by atoms with Gasteiger partial charge in [-0.25, -0.2) is 17.9 Å². The van der Waals surface area contributed by atoms with Gasteiger partial charge in [0.25, 0.3) is 0 Å². The number of aromatic nitrogens is 2. The first-order valence-corrected chi connectivity index (χ1v) is 8.46. The summed E-state index contributed by atoms with van der Waals surface area (Å²) >= 11 is 0. The zero-order valence-corrected chi connectivity index (χ0v) is 14.1. The molecule has 0 aliphatic heterocycles. The van der Waals surface area contributed by atoms with Gasteiger partial charge in [-0.05, 0) is 18.2 Å². The first-order chi connectivity index (χ1) is 11.2. The number of aromatic carboxylic acids is 1. The van der Waals surface area contributed by atoms with Crippen molar-refractivity contribution in [3.05, 3.63) is 35.5 Å². The molecule has 0 aliphatic rings. The minimum Gasteiger partial charge on any atom is -0.495 e. The van der Waals surface area contributed by atoms with Crippen LogP contribution in [0.1, 0.15) is 41.8 Å². The number of nitrogens with zero attached hydrogens (tertiary/aromatic N) is 2. The molecule has 0 bridgehead atoms. The second-order valence-electron chi connectivity index (χ2n) is 5.20. The van der Waals surface area contributed by atoms with Crippen molar-refractivity contribution >= 4 is 16.0 Å². The van der Waals surface area contributed by atoms with Crippen molar-refractivity contribution in [1.82, 2.24) is 14.9 Å². The van der Waals surface area contributed by atoms with E-state index in [1.54, 1.807) is 0 Å². The monoisotopic (exact) mass is 355 g/mol. The highest BCUT2D eigenvalue weighted by molar-refractivity contribution is 7.89. The van der Waals surface area contributed by atoms with Crippen LogP contribution in [-0.2, 0) is 16.6 Å². The zero-order valence-electron chi connectivity index (χ0n) is 13.3. The third-order valence-corrected chi connectivity index (χ3v) is 4.52. The molecule has 0 saturated heterocycles. The number of nitrogens with one attached hydrogen (secondary N) is 1. The molecule has 9 nitrogen and oxygen atoms in total. The fraction of sp³-hybridized carbons (Fsp3) is 0.357. The Labute approximate surface area is 138 Å². The molecule has 0 atom stereocenters. The topological polar surface area (TPSA) is 132 Å². The summed E-state index contributed by atoms with van der Waals surface area (Å²) in [6.45, 7) is 3.53. The summed E-state index contributed by atoms with van der Waals surface area (Å²) in [5, 5.41) is 12.7. The minimum absolute atomic E-state index is 0.0233. The third-order valence-electron chi connectivity index (χ3n) is 3.10. The maximum absolute atomic E-state index is 12.4. The molecule has 0 unspecified atom stereocenters. The van der Waals surface area contributed by atoms with Crippen LogP contribution in [0.4, 0.5) is 0 Å². The van der Waals surface area contributed by atoms with Crippen LogP contribution in [0.2, 0.25) is 0 Å². The average Bonchev–Trinajstić information content (AvgIpc) is 3.01. The number of sulfonamides is 1. The molecular formula is C14H17N3O6S. The number of carboxylic acids is 1. The van der Waals surface area contributed by atoms with Gasteiger partial charge in [0.15, 0.2) is 5.82 Å².